The van der Waals surface area contributed by atoms with Crippen LogP contribution in [0.25, 0.3) is 17.4 Å². The zero-order valence-electron chi connectivity index (χ0n) is 23.3. The summed E-state index contributed by atoms with van der Waals surface area (Å²) in [4.78, 5) is 16.4. The van der Waals surface area contributed by atoms with E-state index < -0.39 is 0 Å². The topological polar surface area (TPSA) is 114 Å². The molecule has 1 aliphatic heterocycles. The highest BCUT2D eigenvalue weighted by atomic mass is 35.5. The molecule has 5 aliphatic rings. The number of furan rings is 1. The van der Waals surface area contributed by atoms with Gasteiger partial charge >= 0.3 is 0 Å². The molecule has 4 saturated carbocycles. The van der Waals surface area contributed by atoms with Crippen LogP contribution in [0.2, 0.25) is 0 Å². The van der Waals surface area contributed by atoms with Crippen LogP contribution >= 0.6 is 36.4 Å². The van der Waals surface area contributed by atoms with Crippen molar-refractivity contribution in [3.8, 4) is 22.8 Å². The van der Waals surface area contributed by atoms with Crippen molar-refractivity contribution < 1.29 is 18.7 Å². The van der Waals surface area contributed by atoms with Crippen molar-refractivity contribution in [1.29, 1.82) is 5.41 Å². The number of hydrogen-bond donors (Lipinski definition) is 3. The molecular formula is C30H37ClN4O4S2. The molecule has 5 fully saturated rings. The number of carbonyl (C=O) groups is 1. The fraction of sp³-hybridized carbons (Fsp3) is 0.500. The van der Waals surface area contributed by atoms with Gasteiger partial charge in [-0.2, -0.15) is 0 Å². The van der Waals surface area contributed by atoms with Gasteiger partial charge < -0.3 is 24.9 Å². The molecule has 2 aromatic rings. The van der Waals surface area contributed by atoms with Crippen LogP contribution in [0.15, 0.2) is 33.6 Å². The lowest BCUT2D eigenvalue weighted by Crippen LogP contribution is -2.57. The number of thiocarbonyl (C=S) groups is 1. The van der Waals surface area contributed by atoms with Crippen molar-refractivity contribution in [2.45, 2.75) is 51.0 Å². The van der Waals surface area contributed by atoms with E-state index in [1.807, 2.05) is 35.2 Å². The van der Waals surface area contributed by atoms with Gasteiger partial charge in [0.1, 0.15) is 27.3 Å². The van der Waals surface area contributed by atoms with Crippen molar-refractivity contribution in [1.82, 2.24) is 10.2 Å². The van der Waals surface area contributed by atoms with Gasteiger partial charge in [-0.3, -0.25) is 15.1 Å². The van der Waals surface area contributed by atoms with Crippen molar-refractivity contribution in [2.24, 2.45) is 29.4 Å². The zero-order chi connectivity index (χ0) is 28.0. The van der Waals surface area contributed by atoms with Crippen LogP contribution in [0.4, 0.5) is 0 Å². The molecule has 2 heterocycles. The van der Waals surface area contributed by atoms with Gasteiger partial charge in [-0.15, -0.1) is 12.4 Å². The number of carbonyl (C=O) groups excluding carboxylic acids is 1. The van der Waals surface area contributed by atoms with E-state index in [4.69, 9.17) is 37.3 Å². The molecule has 8 nitrogen and oxygen atoms in total. The molecule has 0 atom stereocenters. The van der Waals surface area contributed by atoms with Gasteiger partial charge in [-0.05, 0) is 92.4 Å². The maximum atomic E-state index is 13.9. The lowest BCUT2D eigenvalue weighted by Gasteiger charge is -2.56. The first-order valence-corrected chi connectivity index (χ1v) is 15.3. The number of nitrogens with zero attached hydrogens (tertiary/aromatic N) is 1. The Balaban J connectivity index is 0.00000337. The molecule has 4 N–H and O–H groups in total. The smallest absolute Gasteiger partial charge is 0.266 e. The van der Waals surface area contributed by atoms with E-state index in [0.29, 0.717) is 57.0 Å². The van der Waals surface area contributed by atoms with E-state index in [9.17, 15) is 4.79 Å². The van der Waals surface area contributed by atoms with Gasteiger partial charge in [-0.1, -0.05) is 24.0 Å². The first kappa shape index (κ1) is 29.8. The molecule has 1 aromatic carbocycles. The lowest BCUT2D eigenvalue weighted by atomic mass is 9.54. The minimum absolute atomic E-state index is 0. The van der Waals surface area contributed by atoms with Gasteiger partial charge in [0.15, 0.2) is 5.96 Å². The second-order valence-corrected chi connectivity index (χ2v) is 13.2. The summed E-state index contributed by atoms with van der Waals surface area (Å²) in [6, 6.07) is 7.86. The third kappa shape index (κ3) is 5.96. The summed E-state index contributed by atoms with van der Waals surface area (Å²) < 4.78 is 18.0. The second-order valence-electron chi connectivity index (χ2n) is 11.5. The number of hydrogen-bond acceptors (Lipinski definition) is 7. The van der Waals surface area contributed by atoms with E-state index in [2.05, 4.69) is 5.32 Å². The van der Waals surface area contributed by atoms with Gasteiger partial charge in [-0.25, -0.2) is 0 Å². The van der Waals surface area contributed by atoms with Crippen molar-refractivity contribution in [3.63, 3.8) is 0 Å². The summed E-state index contributed by atoms with van der Waals surface area (Å²) in [5.74, 6) is 5.41. The number of nitrogens with two attached hydrogens (primary N) is 1. The van der Waals surface area contributed by atoms with Gasteiger partial charge in [0.2, 0.25) is 0 Å². The second kappa shape index (κ2) is 12.3. The minimum atomic E-state index is -0.0509. The summed E-state index contributed by atoms with van der Waals surface area (Å²) in [6.07, 6.45) is 9.61. The average Bonchev–Trinajstić information content (AvgIpc) is 3.45. The average molecular weight is 617 g/mol. The van der Waals surface area contributed by atoms with E-state index in [1.54, 1.807) is 14.2 Å². The van der Waals surface area contributed by atoms with Crippen LogP contribution in [0.5, 0.6) is 11.5 Å². The standard InChI is InChI=1S/C30H36N4O4S2.ClH/c1-36-22-11-19(12-23(14-22)37-2)24-13-18(4-3-5-33-29(31)32)25(38-24)15-26-28(35)34(30(39)40-26)27-20-7-16-6-17(9-20)10-21(27)8-16;/h11-17,20-21,27H,3-10H2,1-2H3,(H4,31,32,33);1H. The predicted octanol–water partition coefficient (Wildman–Crippen LogP) is 5.83. The maximum Gasteiger partial charge on any atom is 0.266 e. The first-order chi connectivity index (χ1) is 19.3. The normalized spacial score (nSPS) is 27.3. The predicted molar refractivity (Wildman–Crippen MR) is 169 cm³/mol. The summed E-state index contributed by atoms with van der Waals surface area (Å²) in [7, 11) is 3.23. The molecule has 0 unspecified atom stereocenters. The summed E-state index contributed by atoms with van der Waals surface area (Å²) in [5.41, 5.74) is 7.25. The highest BCUT2D eigenvalue weighted by Crippen LogP contribution is 2.56. The molecule has 1 saturated heterocycles. The SMILES string of the molecule is COc1cc(OC)cc(-c2cc(CCCNC(=N)N)c(C=C3SC(=S)N(C4C5CC6CC(C5)CC4C6)C3=O)o2)c1.Cl. The lowest BCUT2D eigenvalue weighted by molar-refractivity contribution is -0.130. The summed E-state index contributed by atoms with van der Waals surface area (Å²) in [6.45, 7) is 0.566. The minimum Gasteiger partial charge on any atom is -0.497 e. The fourth-order valence-electron chi connectivity index (χ4n) is 7.53. The van der Waals surface area contributed by atoms with Crippen LogP contribution in [-0.4, -0.2) is 47.9 Å². The highest BCUT2D eigenvalue weighted by Gasteiger charge is 2.53. The number of methoxy groups -OCH3 is 2. The first-order valence-electron chi connectivity index (χ1n) is 14.0. The number of aryl methyl sites for hydroxylation is 1. The van der Waals surface area contributed by atoms with Crippen LogP contribution in [0.3, 0.4) is 0 Å². The van der Waals surface area contributed by atoms with Gasteiger partial charge in [0.25, 0.3) is 5.91 Å². The molecule has 4 aliphatic carbocycles. The molecule has 7 rings (SSSR count). The Morgan fingerprint density at radius 2 is 1.76 bits per heavy atom. The Hall–Kier alpha value is -2.69. The monoisotopic (exact) mass is 616 g/mol. The number of thioether (sulfide) groups is 1. The van der Waals surface area contributed by atoms with Gasteiger partial charge in [0, 0.05) is 30.3 Å². The zero-order valence-corrected chi connectivity index (χ0v) is 25.8. The molecule has 4 bridgehead atoms. The van der Waals surface area contributed by atoms with Gasteiger partial charge in [0.05, 0.1) is 19.1 Å². The molecule has 220 valence electrons. The summed E-state index contributed by atoms with van der Waals surface area (Å²) in [5, 5.41) is 10.3. The third-order valence-corrected chi connectivity index (χ3v) is 10.3. The van der Waals surface area contributed by atoms with E-state index in [1.165, 1.54) is 43.9 Å². The molecule has 0 spiro atoms. The number of halogens is 1. The Morgan fingerprint density at radius 1 is 1.12 bits per heavy atom. The van der Waals surface area contributed by atoms with E-state index >= 15 is 0 Å². The number of ether oxygens (including phenoxy) is 2. The maximum absolute atomic E-state index is 13.9. The van der Waals surface area contributed by atoms with Crippen molar-refractivity contribution in [3.05, 3.63) is 40.5 Å². The third-order valence-electron chi connectivity index (χ3n) is 8.98. The quantitative estimate of drug-likeness (QED) is 0.106. The van der Waals surface area contributed by atoms with Crippen molar-refractivity contribution in [2.75, 3.05) is 20.8 Å². The molecule has 1 aromatic heterocycles. The van der Waals surface area contributed by atoms with E-state index in [-0.39, 0.29) is 30.3 Å². The molecule has 0 radical (unpaired) electrons. The number of rotatable bonds is 9. The Labute approximate surface area is 256 Å². The molecule has 41 heavy (non-hydrogen) atoms. The fourth-order valence-corrected chi connectivity index (χ4v) is 8.84. The molecular weight excluding hydrogens is 580 g/mol. The highest BCUT2D eigenvalue weighted by molar-refractivity contribution is 8.26. The largest absolute Gasteiger partial charge is 0.497 e. The number of amides is 1. The number of guanidine groups is 1. The molecule has 11 heteroatoms. The number of nitrogens with one attached hydrogen (secondary N) is 2. The van der Waals surface area contributed by atoms with E-state index in [0.717, 1.165) is 29.4 Å². The Morgan fingerprint density at radius 3 is 2.34 bits per heavy atom. The van der Waals surface area contributed by atoms with Crippen molar-refractivity contribution >= 4 is 58.7 Å². The summed E-state index contributed by atoms with van der Waals surface area (Å²) >= 11 is 7.21. The van der Waals surface area contributed by atoms with Crippen LogP contribution < -0.4 is 20.5 Å². The Bertz CT molecular complexity index is 1330. The van der Waals surface area contributed by atoms with Crippen LogP contribution in [0, 0.1) is 29.1 Å². The van der Waals surface area contributed by atoms with Crippen LogP contribution in [-0.2, 0) is 11.2 Å². The molecule has 1 amide bonds. The Kier molecular flexibility index (Phi) is 8.92. The number of benzene rings is 1. The van der Waals surface area contributed by atoms with Crippen LogP contribution in [0.1, 0.15) is 49.8 Å².